The first-order valence-corrected chi connectivity index (χ1v) is 7.19. The van der Waals surface area contributed by atoms with Crippen LogP contribution in [0.4, 0.5) is 0 Å². The molecule has 106 valence electrons. The molecule has 0 spiro atoms. The smallest absolute Gasteiger partial charge is 0.324 e. The molecule has 0 aliphatic heterocycles. The van der Waals surface area contributed by atoms with Crippen LogP contribution in [0.1, 0.15) is 39.5 Å². The van der Waals surface area contributed by atoms with E-state index in [1.807, 2.05) is 0 Å². The van der Waals surface area contributed by atoms with Crippen molar-refractivity contribution in [1.29, 1.82) is 0 Å². The van der Waals surface area contributed by atoms with Gasteiger partial charge in [-0.25, -0.2) is 0 Å². The largest absolute Gasteiger partial charge is 0.465 e. The fourth-order valence-corrected chi connectivity index (χ4v) is 3.37. The molecule has 0 heterocycles. The lowest BCUT2D eigenvalue weighted by Crippen LogP contribution is -2.33. The van der Waals surface area contributed by atoms with E-state index < -0.39 is 5.41 Å². The zero-order valence-electron chi connectivity index (χ0n) is 11.7. The van der Waals surface area contributed by atoms with Gasteiger partial charge in [0.1, 0.15) is 0 Å². The molecule has 1 saturated carbocycles. The third-order valence-corrected chi connectivity index (χ3v) is 4.23. The average Bonchev–Trinajstić information content (AvgIpc) is 2.96. The van der Waals surface area contributed by atoms with Crippen LogP contribution in [0.2, 0.25) is 0 Å². The summed E-state index contributed by atoms with van der Waals surface area (Å²) in [6, 6.07) is 0. The van der Waals surface area contributed by atoms with Crippen LogP contribution in [0, 0.1) is 17.3 Å². The van der Waals surface area contributed by atoms with E-state index in [9.17, 15) is 9.59 Å². The predicted octanol–water partition coefficient (Wildman–Crippen LogP) is 2.48. The Morgan fingerprint density at radius 3 is 1.79 bits per heavy atom. The highest BCUT2D eigenvalue weighted by Crippen LogP contribution is 2.64. The van der Waals surface area contributed by atoms with E-state index in [0.29, 0.717) is 13.2 Å². The van der Waals surface area contributed by atoms with Crippen LogP contribution >= 0.6 is 0 Å². The number of carbonyl (C=O) groups is 2. The second kappa shape index (κ2) is 5.76. The number of hydrogen-bond donors (Lipinski definition) is 0. The molecule has 0 aromatic carbocycles. The van der Waals surface area contributed by atoms with Crippen molar-refractivity contribution in [2.24, 2.45) is 17.3 Å². The Morgan fingerprint density at radius 2 is 1.42 bits per heavy atom. The van der Waals surface area contributed by atoms with Crippen molar-refractivity contribution in [3.63, 3.8) is 0 Å². The molecule has 2 unspecified atom stereocenters. The summed E-state index contributed by atoms with van der Waals surface area (Å²) in [5, 5.41) is 0. The van der Waals surface area contributed by atoms with E-state index in [0.717, 1.165) is 25.7 Å². The Kier molecular flexibility index (Phi) is 4.27. The molecule has 4 heteroatoms. The number of rotatable bonds is 4. The van der Waals surface area contributed by atoms with Crippen LogP contribution in [0.15, 0.2) is 12.2 Å². The van der Waals surface area contributed by atoms with Crippen molar-refractivity contribution >= 4 is 11.9 Å². The molecular formula is C15H22O4. The maximum Gasteiger partial charge on any atom is 0.324 e. The van der Waals surface area contributed by atoms with Crippen LogP contribution in [-0.4, -0.2) is 25.2 Å². The molecule has 19 heavy (non-hydrogen) atoms. The fraction of sp³-hybridized carbons (Fsp3) is 0.733. The van der Waals surface area contributed by atoms with E-state index in [2.05, 4.69) is 12.2 Å². The maximum absolute atomic E-state index is 12.3. The molecule has 2 aliphatic rings. The molecule has 0 radical (unpaired) electrons. The first-order chi connectivity index (χ1) is 9.19. The van der Waals surface area contributed by atoms with Crippen molar-refractivity contribution in [2.75, 3.05) is 13.2 Å². The molecule has 0 N–H and O–H groups in total. The predicted molar refractivity (Wildman–Crippen MR) is 70.3 cm³/mol. The van der Waals surface area contributed by atoms with Gasteiger partial charge in [-0.05, 0) is 51.4 Å². The average molecular weight is 266 g/mol. The Hall–Kier alpha value is -1.32. The number of carbonyl (C=O) groups excluding carboxylic acids is 2. The summed E-state index contributed by atoms with van der Waals surface area (Å²) < 4.78 is 10.3. The van der Waals surface area contributed by atoms with E-state index in [1.54, 1.807) is 13.8 Å². The minimum absolute atomic E-state index is 0.0931. The zero-order valence-corrected chi connectivity index (χ0v) is 11.7. The standard InChI is InChI=1S/C15H22O4/c1-3-18-13(16)15(14(17)19-4-2)11-9-7-5-6-8-10-12(11)15/h5-6,11-12H,3-4,7-10H2,1-2H3/b6-5-. The van der Waals surface area contributed by atoms with Gasteiger partial charge in [0, 0.05) is 0 Å². The number of allylic oxidation sites excluding steroid dienone is 2. The van der Waals surface area contributed by atoms with Crippen LogP contribution in [0.25, 0.3) is 0 Å². The minimum Gasteiger partial charge on any atom is -0.465 e. The van der Waals surface area contributed by atoms with Crippen molar-refractivity contribution in [3.8, 4) is 0 Å². The van der Waals surface area contributed by atoms with E-state index >= 15 is 0 Å². The first-order valence-electron chi connectivity index (χ1n) is 7.19. The summed E-state index contributed by atoms with van der Waals surface area (Å²) in [4.78, 5) is 24.6. The monoisotopic (exact) mass is 266 g/mol. The molecule has 0 bridgehead atoms. The maximum atomic E-state index is 12.3. The molecule has 0 saturated heterocycles. The number of ether oxygens (including phenoxy) is 2. The lowest BCUT2D eigenvalue weighted by molar-refractivity contribution is -0.166. The van der Waals surface area contributed by atoms with Crippen molar-refractivity contribution in [1.82, 2.24) is 0 Å². The summed E-state index contributed by atoms with van der Waals surface area (Å²) in [7, 11) is 0. The van der Waals surface area contributed by atoms with Gasteiger partial charge < -0.3 is 9.47 Å². The summed E-state index contributed by atoms with van der Waals surface area (Å²) in [5.74, 6) is -0.582. The normalized spacial score (nSPS) is 29.4. The van der Waals surface area contributed by atoms with Gasteiger partial charge in [0.25, 0.3) is 0 Å². The van der Waals surface area contributed by atoms with E-state index in [4.69, 9.17) is 9.47 Å². The lowest BCUT2D eigenvalue weighted by Gasteiger charge is -2.15. The third kappa shape index (κ3) is 2.28. The summed E-state index contributed by atoms with van der Waals surface area (Å²) in [6.07, 6.45) is 7.83. The summed E-state index contributed by atoms with van der Waals surface area (Å²) in [5.41, 5.74) is -1.02. The number of hydrogen-bond acceptors (Lipinski definition) is 4. The molecular weight excluding hydrogens is 244 g/mol. The topological polar surface area (TPSA) is 52.6 Å². The molecule has 0 amide bonds. The van der Waals surface area contributed by atoms with Gasteiger partial charge in [-0.3, -0.25) is 9.59 Å². The highest BCUT2D eigenvalue weighted by atomic mass is 16.6. The first kappa shape index (κ1) is 14.1. The second-order valence-corrected chi connectivity index (χ2v) is 5.15. The second-order valence-electron chi connectivity index (χ2n) is 5.15. The molecule has 0 aromatic rings. The summed E-state index contributed by atoms with van der Waals surface area (Å²) >= 11 is 0. The Bertz CT molecular complexity index is 350. The number of esters is 2. The van der Waals surface area contributed by atoms with Gasteiger partial charge in [0.15, 0.2) is 5.41 Å². The quantitative estimate of drug-likeness (QED) is 0.445. The van der Waals surface area contributed by atoms with Gasteiger partial charge in [0.2, 0.25) is 0 Å². The minimum atomic E-state index is -1.02. The van der Waals surface area contributed by atoms with E-state index in [1.165, 1.54) is 0 Å². The molecule has 1 fully saturated rings. The lowest BCUT2D eigenvalue weighted by atomic mass is 10.00. The van der Waals surface area contributed by atoms with Crippen LogP contribution in [0.3, 0.4) is 0 Å². The molecule has 2 aliphatic carbocycles. The van der Waals surface area contributed by atoms with Crippen LogP contribution in [0.5, 0.6) is 0 Å². The van der Waals surface area contributed by atoms with Gasteiger partial charge in [-0.1, -0.05) is 12.2 Å². The third-order valence-electron chi connectivity index (χ3n) is 4.23. The highest BCUT2D eigenvalue weighted by Gasteiger charge is 2.75. The van der Waals surface area contributed by atoms with Crippen molar-refractivity contribution in [3.05, 3.63) is 12.2 Å². The molecule has 4 nitrogen and oxygen atoms in total. The number of fused-ring (bicyclic) bond motifs is 1. The van der Waals surface area contributed by atoms with Crippen molar-refractivity contribution in [2.45, 2.75) is 39.5 Å². The zero-order chi connectivity index (χ0) is 13.9. The SMILES string of the molecule is CCOC(=O)C1(C(=O)OCC)C2CC/C=C\CCC21. The molecule has 0 aromatic heterocycles. The van der Waals surface area contributed by atoms with Gasteiger partial charge in [-0.2, -0.15) is 0 Å². The Labute approximate surface area is 114 Å². The fourth-order valence-electron chi connectivity index (χ4n) is 3.37. The Balaban J connectivity index is 2.22. The molecule has 2 atom stereocenters. The van der Waals surface area contributed by atoms with Gasteiger partial charge in [0.05, 0.1) is 13.2 Å². The van der Waals surface area contributed by atoms with Crippen LogP contribution in [-0.2, 0) is 19.1 Å². The molecule has 2 rings (SSSR count). The van der Waals surface area contributed by atoms with Gasteiger partial charge >= 0.3 is 11.9 Å². The van der Waals surface area contributed by atoms with Crippen molar-refractivity contribution < 1.29 is 19.1 Å². The van der Waals surface area contributed by atoms with Crippen LogP contribution < -0.4 is 0 Å². The Morgan fingerprint density at radius 1 is 1.00 bits per heavy atom. The summed E-state index contributed by atoms with van der Waals surface area (Å²) in [6.45, 7) is 4.14. The highest BCUT2D eigenvalue weighted by molar-refractivity contribution is 6.04. The van der Waals surface area contributed by atoms with E-state index in [-0.39, 0.29) is 23.8 Å². The van der Waals surface area contributed by atoms with Gasteiger partial charge in [-0.15, -0.1) is 0 Å².